The van der Waals surface area contributed by atoms with Crippen LogP contribution in [0.15, 0.2) is 42.5 Å². The van der Waals surface area contributed by atoms with E-state index in [0.717, 1.165) is 18.2 Å². The van der Waals surface area contributed by atoms with Crippen molar-refractivity contribution in [1.29, 1.82) is 0 Å². The molecule has 0 heterocycles. The maximum atomic E-state index is 13.5. The Hall–Kier alpha value is -2.63. The molecule has 0 aliphatic rings. The molecule has 2 rings (SSSR count). The van der Waals surface area contributed by atoms with E-state index in [4.69, 9.17) is 9.47 Å². The predicted octanol–water partition coefficient (Wildman–Crippen LogP) is 3.38. The van der Waals surface area contributed by atoms with Gasteiger partial charge in [0.1, 0.15) is 23.1 Å². The minimum Gasteiger partial charge on any atom is -0.497 e. The summed E-state index contributed by atoms with van der Waals surface area (Å²) in [5.74, 6) is -0.818. The summed E-state index contributed by atoms with van der Waals surface area (Å²) in [6.07, 6.45) is -0.879. The van der Waals surface area contributed by atoms with E-state index in [1.807, 2.05) is 0 Å². The third-order valence-corrected chi connectivity index (χ3v) is 2.93. The van der Waals surface area contributed by atoms with Crippen LogP contribution in [0.5, 0.6) is 11.5 Å². The number of amides is 1. The molecule has 0 fully saturated rings. The van der Waals surface area contributed by atoms with Crippen LogP contribution in [0.2, 0.25) is 0 Å². The monoisotopic (exact) mass is 307 g/mol. The lowest BCUT2D eigenvalue weighted by Crippen LogP contribution is -2.30. The second-order valence-electron chi connectivity index (χ2n) is 4.55. The molecule has 2 aromatic rings. The number of carbonyl (C=O) groups is 1. The lowest BCUT2D eigenvalue weighted by atomic mass is 10.2. The highest BCUT2D eigenvalue weighted by molar-refractivity contribution is 5.94. The van der Waals surface area contributed by atoms with E-state index >= 15 is 0 Å². The molecule has 116 valence electrons. The number of hydrogen-bond donors (Lipinski definition) is 1. The van der Waals surface area contributed by atoms with Gasteiger partial charge in [0.25, 0.3) is 5.91 Å². The maximum absolute atomic E-state index is 13.5. The zero-order chi connectivity index (χ0) is 16.1. The number of ether oxygens (including phenoxy) is 2. The average Bonchev–Trinajstić information content (AvgIpc) is 2.51. The van der Waals surface area contributed by atoms with Gasteiger partial charge >= 0.3 is 0 Å². The van der Waals surface area contributed by atoms with Gasteiger partial charge in [0.05, 0.1) is 12.8 Å². The van der Waals surface area contributed by atoms with E-state index in [1.165, 1.54) is 6.92 Å². The van der Waals surface area contributed by atoms with Crippen molar-refractivity contribution < 1.29 is 23.0 Å². The number of carbonyl (C=O) groups excluding carboxylic acids is 1. The molecule has 1 amide bonds. The standard InChI is InChI=1S/C16H15F2NO3/c1-10(22-13-6-4-12(21-2)5-7-13)16(20)19-15-9-11(17)3-8-14(15)18/h3-10H,1-2H3,(H,19,20). The van der Waals surface area contributed by atoms with Crippen LogP contribution in [-0.4, -0.2) is 19.1 Å². The van der Waals surface area contributed by atoms with Gasteiger partial charge in [-0.3, -0.25) is 4.79 Å². The highest BCUT2D eigenvalue weighted by Crippen LogP contribution is 2.19. The van der Waals surface area contributed by atoms with Crippen LogP contribution in [0, 0.1) is 11.6 Å². The molecular weight excluding hydrogens is 292 g/mol. The van der Waals surface area contributed by atoms with Crippen molar-refractivity contribution in [2.75, 3.05) is 12.4 Å². The van der Waals surface area contributed by atoms with E-state index in [0.29, 0.717) is 11.5 Å². The zero-order valence-electron chi connectivity index (χ0n) is 12.1. The van der Waals surface area contributed by atoms with E-state index < -0.39 is 23.6 Å². The summed E-state index contributed by atoms with van der Waals surface area (Å²) < 4.78 is 37.0. The van der Waals surface area contributed by atoms with Crippen molar-refractivity contribution in [3.63, 3.8) is 0 Å². The van der Waals surface area contributed by atoms with Crippen molar-refractivity contribution in [2.24, 2.45) is 0 Å². The van der Waals surface area contributed by atoms with Gasteiger partial charge in [0, 0.05) is 6.07 Å². The minimum atomic E-state index is -0.879. The first kappa shape index (κ1) is 15.8. The average molecular weight is 307 g/mol. The SMILES string of the molecule is COc1ccc(OC(C)C(=O)Nc2cc(F)ccc2F)cc1. The molecule has 1 unspecified atom stereocenters. The summed E-state index contributed by atoms with van der Waals surface area (Å²) in [7, 11) is 1.54. The third kappa shape index (κ3) is 3.94. The maximum Gasteiger partial charge on any atom is 0.265 e. The Balaban J connectivity index is 2.00. The number of hydrogen-bond acceptors (Lipinski definition) is 3. The van der Waals surface area contributed by atoms with Crippen molar-refractivity contribution in [1.82, 2.24) is 0 Å². The second kappa shape index (κ2) is 6.89. The van der Waals surface area contributed by atoms with Crippen LogP contribution >= 0.6 is 0 Å². The normalized spacial score (nSPS) is 11.6. The summed E-state index contributed by atoms with van der Waals surface area (Å²) in [5, 5.41) is 2.29. The third-order valence-electron chi connectivity index (χ3n) is 2.93. The van der Waals surface area contributed by atoms with Crippen LogP contribution in [-0.2, 0) is 4.79 Å². The van der Waals surface area contributed by atoms with Crippen molar-refractivity contribution in [2.45, 2.75) is 13.0 Å². The van der Waals surface area contributed by atoms with Crippen molar-refractivity contribution in [3.8, 4) is 11.5 Å². The number of nitrogens with one attached hydrogen (secondary N) is 1. The lowest BCUT2D eigenvalue weighted by Gasteiger charge is -2.15. The van der Waals surface area contributed by atoms with Gasteiger partial charge in [-0.15, -0.1) is 0 Å². The van der Waals surface area contributed by atoms with Gasteiger partial charge < -0.3 is 14.8 Å². The van der Waals surface area contributed by atoms with E-state index in [1.54, 1.807) is 31.4 Å². The van der Waals surface area contributed by atoms with Crippen LogP contribution < -0.4 is 14.8 Å². The zero-order valence-corrected chi connectivity index (χ0v) is 12.1. The van der Waals surface area contributed by atoms with Gasteiger partial charge in [-0.2, -0.15) is 0 Å². The molecule has 0 saturated carbocycles. The fourth-order valence-corrected chi connectivity index (χ4v) is 1.74. The smallest absolute Gasteiger partial charge is 0.265 e. The van der Waals surface area contributed by atoms with Gasteiger partial charge in [-0.05, 0) is 43.3 Å². The summed E-state index contributed by atoms with van der Waals surface area (Å²) in [6, 6.07) is 9.49. The molecular formula is C16H15F2NO3. The summed E-state index contributed by atoms with van der Waals surface area (Å²) in [5.41, 5.74) is -0.227. The molecule has 0 radical (unpaired) electrons. The fourth-order valence-electron chi connectivity index (χ4n) is 1.74. The first-order valence-corrected chi connectivity index (χ1v) is 6.56. The largest absolute Gasteiger partial charge is 0.497 e. The molecule has 0 spiro atoms. The number of anilines is 1. The molecule has 1 N–H and O–H groups in total. The summed E-state index contributed by atoms with van der Waals surface area (Å²) in [6.45, 7) is 1.51. The molecule has 1 atom stereocenters. The Morgan fingerprint density at radius 3 is 2.36 bits per heavy atom. The van der Waals surface area contributed by atoms with Crippen LogP contribution in [0.3, 0.4) is 0 Å². The first-order chi connectivity index (χ1) is 10.5. The quantitative estimate of drug-likeness (QED) is 0.921. The fraction of sp³-hybridized carbons (Fsp3) is 0.188. The lowest BCUT2D eigenvalue weighted by molar-refractivity contribution is -0.122. The molecule has 0 bridgehead atoms. The molecule has 0 aromatic heterocycles. The summed E-state index contributed by atoms with van der Waals surface area (Å²) >= 11 is 0. The molecule has 4 nitrogen and oxygen atoms in total. The Kier molecular flexibility index (Phi) is 4.93. The molecule has 22 heavy (non-hydrogen) atoms. The van der Waals surface area contributed by atoms with Gasteiger partial charge in [-0.25, -0.2) is 8.78 Å². The van der Waals surface area contributed by atoms with E-state index in [9.17, 15) is 13.6 Å². The summed E-state index contributed by atoms with van der Waals surface area (Å²) in [4.78, 5) is 12.0. The Bertz CT molecular complexity index is 659. The topological polar surface area (TPSA) is 47.6 Å². The molecule has 6 heteroatoms. The van der Waals surface area contributed by atoms with Gasteiger partial charge in [0.15, 0.2) is 6.10 Å². The molecule has 0 aliphatic carbocycles. The van der Waals surface area contributed by atoms with Crippen LogP contribution in [0.4, 0.5) is 14.5 Å². The van der Waals surface area contributed by atoms with Crippen LogP contribution in [0.1, 0.15) is 6.92 Å². The number of halogens is 2. The molecule has 0 saturated heterocycles. The van der Waals surface area contributed by atoms with E-state index in [2.05, 4.69) is 5.32 Å². The number of methoxy groups -OCH3 is 1. The van der Waals surface area contributed by atoms with Crippen LogP contribution in [0.25, 0.3) is 0 Å². The highest BCUT2D eigenvalue weighted by Gasteiger charge is 2.17. The van der Waals surface area contributed by atoms with Gasteiger partial charge in [0.2, 0.25) is 0 Å². The molecule has 2 aromatic carbocycles. The molecule has 0 aliphatic heterocycles. The number of benzene rings is 2. The highest BCUT2D eigenvalue weighted by atomic mass is 19.1. The minimum absolute atomic E-state index is 0.227. The van der Waals surface area contributed by atoms with Gasteiger partial charge in [-0.1, -0.05) is 0 Å². The first-order valence-electron chi connectivity index (χ1n) is 6.56. The second-order valence-corrected chi connectivity index (χ2v) is 4.55. The Morgan fingerprint density at radius 1 is 1.09 bits per heavy atom. The van der Waals surface area contributed by atoms with E-state index in [-0.39, 0.29) is 5.69 Å². The van der Waals surface area contributed by atoms with Crippen molar-refractivity contribution in [3.05, 3.63) is 54.1 Å². The Morgan fingerprint density at radius 2 is 1.73 bits per heavy atom. The number of rotatable bonds is 5. The van der Waals surface area contributed by atoms with Crippen molar-refractivity contribution >= 4 is 11.6 Å². The predicted molar refractivity (Wildman–Crippen MR) is 78.1 cm³/mol. The Labute approximate surface area is 126 Å².